The monoisotopic (exact) mass is 359 g/mol. The van der Waals surface area contributed by atoms with Gasteiger partial charge in [0.15, 0.2) is 0 Å². The van der Waals surface area contributed by atoms with E-state index in [1.807, 2.05) is 24.3 Å². The van der Waals surface area contributed by atoms with Crippen molar-refractivity contribution in [3.05, 3.63) is 66.4 Å². The maximum Gasteiger partial charge on any atom is 0.229 e. The SMILES string of the molecule is Cc1ccccc1Nc1nccc(Nc2ccc(N3CCCCC3)cc2)n1. The van der Waals surface area contributed by atoms with Gasteiger partial charge in [0.1, 0.15) is 5.82 Å². The summed E-state index contributed by atoms with van der Waals surface area (Å²) in [7, 11) is 0. The molecule has 0 atom stereocenters. The Morgan fingerprint density at radius 2 is 1.63 bits per heavy atom. The zero-order chi connectivity index (χ0) is 18.5. The first-order valence-corrected chi connectivity index (χ1v) is 9.56. The molecule has 2 N–H and O–H groups in total. The first-order valence-electron chi connectivity index (χ1n) is 9.56. The number of piperidine rings is 1. The number of nitrogens with one attached hydrogen (secondary N) is 2. The molecule has 1 saturated heterocycles. The fraction of sp³-hybridized carbons (Fsp3) is 0.273. The van der Waals surface area contributed by atoms with E-state index in [0.29, 0.717) is 5.95 Å². The molecule has 5 heteroatoms. The van der Waals surface area contributed by atoms with Crippen LogP contribution in [0.3, 0.4) is 0 Å². The number of hydrogen-bond acceptors (Lipinski definition) is 5. The number of para-hydroxylation sites is 1. The highest BCUT2D eigenvalue weighted by Crippen LogP contribution is 2.24. The van der Waals surface area contributed by atoms with Crippen LogP contribution in [-0.2, 0) is 0 Å². The molecule has 0 spiro atoms. The molecule has 1 aromatic heterocycles. The van der Waals surface area contributed by atoms with Crippen LogP contribution in [0.2, 0.25) is 0 Å². The molecular weight excluding hydrogens is 334 g/mol. The lowest BCUT2D eigenvalue weighted by Gasteiger charge is -2.28. The van der Waals surface area contributed by atoms with Gasteiger partial charge in [-0.2, -0.15) is 4.98 Å². The van der Waals surface area contributed by atoms with Crippen molar-refractivity contribution >= 4 is 28.8 Å². The predicted octanol–water partition coefficient (Wildman–Crippen LogP) is 5.26. The van der Waals surface area contributed by atoms with E-state index in [1.54, 1.807) is 6.20 Å². The van der Waals surface area contributed by atoms with Gasteiger partial charge in [-0.1, -0.05) is 18.2 Å². The molecule has 0 bridgehead atoms. The third-order valence-corrected chi connectivity index (χ3v) is 4.91. The van der Waals surface area contributed by atoms with Crippen LogP contribution in [0.1, 0.15) is 24.8 Å². The van der Waals surface area contributed by atoms with E-state index in [9.17, 15) is 0 Å². The molecule has 0 saturated carbocycles. The molecule has 0 radical (unpaired) electrons. The molecule has 138 valence electrons. The average Bonchev–Trinajstić information content (AvgIpc) is 2.71. The third kappa shape index (κ3) is 4.37. The number of hydrogen-bond donors (Lipinski definition) is 2. The standard InChI is InChI=1S/C22H25N5/c1-17-7-3-4-8-20(17)25-22-23-14-13-21(26-22)24-18-9-11-19(12-10-18)27-15-5-2-6-16-27/h3-4,7-14H,2,5-6,15-16H2,1H3,(H2,23,24,25,26). The van der Waals surface area contributed by atoms with Crippen molar-refractivity contribution in [2.75, 3.05) is 28.6 Å². The Bertz CT molecular complexity index is 885. The zero-order valence-corrected chi connectivity index (χ0v) is 15.7. The summed E-state index contributed by atoms with van der Waals surface area (Å²) in [5.74, 6) is 1.35. The van der Waals surface area contributed by atoms with Crippen molar-refractivity contribution in [1.29, 1.82) is 0 Å². The Morgan fingerprint density at radius 3 is 2.41 bits per heavy atom. The Hall–Kier alpha value is -3.08. The summed E-state index contributed by atoms with van der Waals surface area (Å²) in [5.41, 5.74) is 4.49. The molecular formula is C22H25N5. The molecule has 1 fully saturated rings. The summed E-state index contributed by atoms with van der Waals surface area (Å²) in [6, 6.07) is 18.6. The summed E-state index contributed by atoms with van der Waals surface area (Å²) >= 11 is 0. The molecule has 3 aromatic rings. The highest BCUT2D eigenvalue weighted by atomic mass is 15.1. The van der Waals surface area contributed by atoms with Crippen molar-refractivity contribution in [2.45, 2.75) is 26.2 Å². The molecule has 2 aromatic carbocycles. The van der Waals surface area contributed by atoms with Gasteiger partial charge in [0.25, 0.3) is 0 Å². The summed E-state index contributed by atoms with van der Waals surface area (Å²) in [5, 5.41) is 6.65. The minimum Gasteiger partial charge on any atom is -0.372 e. The molecule has 2 heterocycles. The van der Waals surface area contributed by atoms with Gasteiger partial charge >= 0.3 is 0 Å². The average molecular weight is 359 g/mol. The highest BCUT2D eigenvalue weighted by Gasteiger charge is 2.10. The second-order valence-corrected chi connectivity index (χ2v) is 6.92. The Labute approximate surface area is 160 Å². The lowest BCUT2D eigenvalue weighted by molar-refractivity contribution is 0.578. The van der Waals surface area contributed by atoms with E-state index >= 15 is 0 Å². The molecule has 0 amide bonds. The lowest BCUT2D eigenvalue weighted by atomic mass is 10.1. The van der Waals surface area contributed by atoms with Gasteiger partial charge in [-0.25, -0.2) is 4.98 Å². The third-order valence-electron chi connectivity index (χ3n) is 4.91. The summed E-state index contributed by atoms with van der Waals surface area (Å²) in [6.45, 7) is 4.38. The highest BCUT2D eigenvalue weighted by molar-refractivity contribution is 5.63. The number of rotatable bonds is 5. The van der Waals surface area contributed by atoms with E-state index in [1.165, 1.54) is 24.9 Å². The van der Waals surface area contributed by atoms with Gasteiger partial charge in [-0.05, 0) is 68.1 Å². The van der Waals surface area contributed by atoms with Crippen LogP contribution in [-0.4, -0.2) is 23.1 Å². The first kappa shape index (κ1) is 17.3. The fourth-order valence-electron chi connectivity index (χ4n) is 3.38. The van der Waals surface area contributed by atoms with Crippen molar-refractivity contribution in [3.8, 4) is 0 Å². The summed E-state index contributed by atoms with van der Waals surface area (Å²) in [6.07, 6.45) is 5.69. The van der Waals surface area contributed by atoms with E-state index < -0.39 is 0 Å². The summed E-state index contributed by atoms with van der Waals surface area (Å²) in [4.78, 5) is 11.4. The van der Waals surface area contributed by atoms with Crippen LogP contribution >= 0.6 is 0 Å². The number of benzene rings is 2. The van der Waals surface area contributed by atoms with Crippen LogP contribution in [0.15, 0.2) is 60.8 Å². The van der Waals surface area contributed by atoms with Crippen molar-refractivity contribution in [3.63, 3.8) is 0 Å². The molecule has 27 heavy (non-hydrogen) atoms. The lowest BCUT2D eigenvalue weighted by Crippen LogP contribution is -2.29. The number of aromatic nitrogens is 2. The fourth-order valence-corrected chi connectivity index (χ4v) is 3.38. The van der Waals surface area contributed by atoms with Crippen LogP contribution in [0, 0.1) is 6.92 Å². The van der Waals surface area contributed by atoms with Gasteiger partial charge in [-0.15, -0.1) is 0 Å². The number of anilines is 5. The maximum atomic E-state index is 4.57. The quantitative estimate of drug-likeness (QED) is 0.650. The van der Waals surface area contributed by atoms with Crippen LogP contribution in [0.5, 0.6) is 0 Å². The molecule has 0 aliphatic carbocycles. The second-order valence-electron chi connectivity index (χ2n) is 6.92. The van der Waals surface area contributed by atoms with Gasteiger partial charge in [-0.3, -0.25) is 0 Å². The number of aryl methyl sites for hydroxylation is 1. The number of nitrogens with zero attached hydrogens (tertiary/aromatic N) is 3. The van der Waals surface area contributed by atoms with E-state index in [-0.39, 0.29) is 0 Å². The van der Waals surface area contributed by atoms with E-state index in [2.05, 4.69) is 62.8 Å². The van der Waals surface area contributed by atoms with E-state index in [4.69, 9.17) is 0 Å². The topological polar surface area (TPSA) is 53.1 Å². The minimum atomic E-state index is 0.583. The molecule has 0 unspecified atom stereocenters. The van der Waals surface area contributed by atoms with Crippen LogP contribution in [0.4, 0.5) is 28.8 Å². The molecule has 4 rings (SSSR count). The molecule has 1 aliphatic rings. The van der Waals surface area contributed by atoms with Crippen molar-refractivity contribution in [2.24, 2.45) is 0 Å². The smallest absolute Gasteiger partial charge is 0.229 e. The van der Waals surface area contributed by atoms with Crippen molar-refractivity contribution in [1.82, 2.24) is 9.97 Å². The predicted molar refractivity (Wildman–Crippen MR) is 112 cm³/mol. The van der Waals surface area contributed by atoms with Gasteiger partial charge in [0.05, 0.1) is 0 Å². The van der Waals surface area contributed by atoms with Crippen LogP contribution < -0.4 is 15.5 Å². The molecule has 1 aliphatic heterocycles. The summed E-state index contributed by atoms with van der Waals surface area (Å²) < 4.78 is 0. The van der Waals surface area contributed by atoms with Gasteiger partial charge < -0.3 is 15.5 Å². The zero-order valence-electron chi connectivity index (χ0n) is 15.7. The van der Waals surface area contributed by atoms with Gasteiger partial charge in [0.2, 0.25) is 5.95 Å². The second kappa shape index (κ2) is 8.08. The normalized spacial score (nSPS) is 14.0. The first-order chi connectivity index (χ1) is 13.3. The van der Waals surface area contributed by atoms with E-state index in [0.717, 1.165) is 35.8 Å². The van der Waals surface area contributed by atoms with Crippen LogP contribution in [0.25, 0.3) is 0 Å². The Kier molecular flexibility index (Phi) is 5.19. The Balaban J connectivity index is 1.44. The Morgan fingerprint density at radius 1 is 0.852 bits per heavy atom. The maximum absolute atomic E-state index is 4.57. The minimum absolute atomic E-state index is 0.583. The molecule has 5 nitrogen and oxygen atoms in total. The van der Waals surface area contributed by atoms with Crippen molar-refractivity contribution < 1.29 is 0 Å². The van der Waals surface area contributed by atoms with Gasteiger partial charge in [0, 0.05) is 36.3 Å². The largest absolute Gasteiger partial charge is 0.372 e.